The normalized spacial score (nSPS) is 12.5. The van der Waals surface area contributed by atoms with Crippen LogP contribution >= 0.6 is 0 Å². The van der Waals surface area contributed by atoms with Gasteiger partial charge in [0.15, 0.2) is 0 Å². The van der Waals surface area contributed by atoms with Crippen LogP contribution in [0.3, 0.4) is 0 Å². The summed E-state index contributed by atoms with van der Waals surface area (Å²) < 4.78 is 15.4. The molecule has 0 saturated carbocycles. The quantitative estimate of drug-likeness (QED) is 0.239. The summed E-state index contributed by atoms with van der Waals surface area (Å²) in [5, 5.41) is 2.38. The van der Waals surface area contributed by atoms with E-state index in [1.807, 2.05) is 41.5 Å². The molecule has 0 fully saturated rings. The van der Waals surface area contributed by atoms with Crippen LogP contribution in [0.4, 0.5) is 4.79 Å². The van der Waals surface area contributed by atoms with E-state index in [1.54, 1.807) is 20.8 Å². The van der Waals surface area contributed by atoms with Crippen molar-refractivity contribution in [1.29, 1.82) is 0 Å². The molecule has 0 aromatic heterocycles. The topological polar surface area (TPSA) is 160 Å². The molecule has 0 bridgehead atoms. The van der Waals surface area contributed by atoms with Crippen LogP contribution in [0, 0.1) is 0 Å². The van der Waals surface area contributed by atoms with Crippen LogP contribution < -0.4 is 16.8 Å². The zero-order valence-corrected chi connectivity index (χ0v) is 22.5. The summed E-state index contributed by atoms with van der Waals surface area (Å²) in [7, 11) is 0. The third-order valence-electron chi connectivity index (χ3n) is 3.56. The highest BCUT2D eigenvalue weighted by Gasteiger charge is 2.25. The fraction of sp³-hybridized carbons (Fsp3) is 0.833. The largest absolute Gasteiger partial charge is 0.460 e. The van der Waals surface area contributed by atoms with Gasteiger partial charge in [0, 0.05) is 12.8 Å². The van der Waals surface area contributed by atoms with Crippen molar-refractivity contribution < 1.29 is 33.4 Å². The number of hydrogen-bond acceptors (Lipinski definition) is 8. The summed E-state index contributed by atoms with van der Waals surface area (Å²) in [5.41, 5.74) is 8.86. The molecule has 0 aromatic rings. The number of ether oxygens (including phenoxy) is 3. The number of nitrogens with one attached hydrogen (secondary N) is 1. The van der Waals surface area contributed by atoms with Crippen molar-refractivity contribution in [2.75, 3.05) is 6.54 Å². The molecule has 34 heavy (non-hydrogen) atoms. The number of esters is 3. The minimum atomic E-state index is -0.728. The third-order valence-corrected chi connectivity index (χ3v) is 3.56. The zero-order valence-electron chi connectivity index (χ0n) is 22.5. The van der Waals surface area contributed by atoms with Gasteiger partial charge in [-0.25, -0.2) is 9.59 Å². The Labute approximate surface area is 204 Å². The van der Waals surface area contributed by atoms with Crippen molar-refractivity contribution in [3.8, 4) is 0 Å². The van der Waals surface area contributed by atoms with Crippen LogP contribution in [-0.4, -0.2) is 53.3 Å². The van der Waals surface area contributed by atoms with Crippen LogP contribution in [-0.2, 0) is 28.6 Å². The molecule has 0 aliphatic heterocycles. The van der Waals surface area contributed by atoms with Gasteiger partial charge in [0.2, 0.25) is 0 Å². The van der Waals surface area contributed by atoms with Gasteiger partial charge in [-0.3, -0.25) is 9.59 Å². The molecular formula is C24H47N3O7. The van der Waals surface area contributed by atoms with Gasteiger partial charge in [-0.1, -0.05) is 0 Å². The summed E-state index contributed by atoms with van der Waals surface area (Å²) in [6.45, 7) is 16.8. The van der Waals surface area contributed by atoms with E-state index in [0.29, 0.717) is 19.4 Å². The van der Waals surface area contributed by atoms with Crippen molar-refractivity contribution in [1.82, 2.24) is 5.32 Å². The van der Waals surface area contributed by atoms with Gasteiger partial charge in [-0.15, -0.1) is 0 Å². The van der Waals surface area contributed by atoms with E-state index in [2.05, 4.69) is 5.32 Å². The van der Waals surface area contributed by atoms with E-state index in [1.165, 1.54) is 0 Å². The van der Waals surface area contributed by atoms with Crippen LogP contribution in [0.15, 0.2) is 0 Å². The molecule has 200 valence electrons. The first-order valence-electron chi connectivity index (χ1n) is 11.7. The maximum Gasteiger partial charge on any atom is 0.329 e. The Bertz CT molecular complexity index is 616. The lowest BCUT2D eigenvalue weighted by Gasteiger charge is -2.24. The first kappa shape index (κ1) is 33.8. The molecule has 0 rings (SSSR count). The second-order valence-electron chi connectivity index (χ2n) is 10.9. The number of urea groups is 1. The van der Waals surface area contributed by atoms with E-state index in [0.717, 1.165) is 12.8 Å². The maximum absolute atomic E-state index is 11.8. The second-order valence-corrected chi connectivity index (χ2v) is 10.9. The molecule has 0 aliphatic rings. The smallest absolute Gasteiger partial charge is 0.329 e. The molecule has 10 heteroatoms. The van der Waals surface area contributed by atoms with Gasteiger partial charge in [-0.2, -0.15) is 0 Å². The van der Waals surface area contributed by atoms with Crippen LogP contribution in [0.2, 0.25) is 0 Å². The number of nitrogens with two attached hydrogens (primary N) is 2. The van der Waals surface area contributed by atoms with Gasteiger partial charge in [0.1, 0.15) is 22.8 Å². The highest BCUT2D eigenvalue weighted by atomic mass is 16.6. The SMILES string of the molecule is CC(C)(C)OC(=O)C(CCCCN)NC(N)=O.CC(C)(C)OC(=O)CCCC(=O)OC(C)(C)C. The number of amides is 2. The van der Waals surface area contributed by atoms with Gasteiger partial charge >= 0.3 is 23.9 Å². The number of primary amides is 1. The van der Waals surface area contributed by atoms with Gasteiger partial charge in [-0.05, 0) is 94.5 Å². The summed E-state index contributed by atoms with van der Waals surface area (Å²) in [6, 6.07) is -1.42. The molecule has 2 amide bonds. The summed E-state index contributed by atoms with van der Waals surface area (Å²) in [4.78, 5) is 45.3. The van der Waals surface area contributed by atoms with Crippen LogP contribution in [0.5, 0.6) is 0 Å². The summed E-state index contributed by atoms with van der Waals surface area (Å²) in [6.07, 6.45) is 2.96. The van der Waals surface area contributed by atoms with E-state index in [-0.39, 0.29) is 24.8 Å². The molecule has 1 atom stereocenters. The monoisotopic (exact) mass is 489 g/mol. The molecular weight excluding hydrogens is 442 g/mol. The molecule has 1 unspecified atom stereocenters. The van der Waals surface area contributed by atoms with Crippen LogP contribution in [0.1, 0.15) is 101 Å². The van der Waals surface area contributed by atoms with Crippen molar-refractivity contribution in [3.63, 3.8) is 0 Å². The number of rotatable bonds is 10. The molecule has 0 heterocycles. The maximum atomic E-state index is 11.8. The second kappa shape index (κ2) is 15.5. The van der Waals surface area contributed by atoms with E-state index in [4.69, 9.17) is 25.7 Å². The minimum Gasteiger partial charge on any atom is -0.460 e. The fourth-order valence-corrected chi connectivity index (χ4v) is 2.45. The fourth-order valence-electron chi connectivity index (χ4n) is 2.45. The first-order chi connectivity index (χ1) is 15.3. The Morgan fingerprint density at radius 1 is 0.706 bits per heavy atom. The number of carbonyl (C=O) groups is 4. The molecule has 10 nitrogen and oxygen atoms in total. The first-order valence-corrected chi connectivity index (χ1v) is 11.7. The van der Waals surface area contributed by atoms with Gasteiger partial charge < -0.3 is 31.0 Å². The van der Waals surface area contributed by atoms with E-state index < -0.39 is 34.8 Å². The lowest BCUT2D eigenvalue weighted by Crippen LogP contribution is -2.46. The Hall–Kier alpha value is -2.36. The van der Waals surface area contributed by atoms with E-state index >= 15 is 0 Å². The Kier molecular flexibility index (Phi) is 15.4. The zero-order chi connectivity index (χ0) is 27.2. The minimum absolute atomic E-state index is 0.247. The number of carbonyl (C=O) groups excluding carboxylic acids is 4. The summed E-state index contributed by atoms with van der Waals surface area (Å²) >= 11 is 0. The van der Waals surface area contributed by atoms with Crippen LogP contribution in [0.25, 0.3) is 0 Å². The lowest BCUT2D eigenvalue weighted by molar-refractivity contribution is -0.158. The molecule has 0 radical (unpaired) electrons. The lowest BCUT2D eigenvalue weighted by atomic mass is 10.1. The third kappa shape index (κ3) is 24.3. The molecule has 0 aromatic carbocycles. The number of hydrogen-bond donors (Lipinski definition) is 3. The Morgan fingerprint density at radius 2 is 1.12 bits per heavy atom. The molecule has 0 saturated heterocycles. The molecule has 0 aliphatic carbocycles. The van der Waals surface area contributed by atoms with E-state index in [9.17, 15) is 19.2 Å². The van der Waals surface area contributed by atoms with Gasteiger partial charge in [0.05, 0.1) is 0 Å². The molecule has 0 spiro atoms. The average molecular weight is 490 g/mol. The number of unbranched alkanes of at least 4 members (excludes halogenated alkanes) is 1. The Morgan fingerprint density at radius 3 is 1.44 bits per heavy atom. The highest BCUT2D eigenvalue weighted by Crippen LogP contribution is 2.13. The predicted molar refractivity (Wildman–Crippen MR) is 131 cm³/mol. The summed E-state index contributed by atoms with van der Waals surface area (Å²) in [5.74, 6) is -1.02. The standard InChI is InChI=1S/C13H24O4.C11H23N3O3/c1-12(2,3)16-10(14)8-7-9-11(15)17-13(4,5)6;1-11(2,3)17-9(15)8(14-10(13)16)6-4-5-7-12/h7-9H2,1-6H3;8H,4-7,12H2,1-3H3,(H3,13,14,16). The highest BCUT2D eigenvalue weighted by molar-refractivity contribution is 5.82. The van der Waals surface area contributed by atoms with Crippen molar-refractivity contribution >= 4 is 23.9 Å². The van der Waals surface area contributed by atoms with Crippen molar-refractivity contribution in [2.45, 2.75) is 124 Å². The predicted octanol–water partition coefficient (Wildman–Crippen LogP) is 3.33. The average Bonchev–Trinajstić information content (AvgIpc) is 2.56. The van der Waals surface area contributed by atoms with Gasteiger partial charge in [0.25, 0.3) is 0 Å². The van der Waals surface area contributed by atoms with Crippen molar-refractivity contribution in [3.05, 3.63) is 0 Å². The Balaban J connectivity index is 0. The molecule has 5 N–H and O–H groups in total. The van der Waals surface area contributed by atoms with Crippen molar-refractivity contribution in [2.24, 2.45) is 11.5 Å².